The summed E-state index contributed by atoms with van der Waals surface area (Å²) in [5.74, 6) is -0.600. The molecular weight excluding hydrogens is 421 g/mol. The lowest BCUT2D eigenvalue weighted by molar-refractivity contribution is 0.0957. The van der Waals surface area contributed by atoms with Crippen molar-refractivity contribution in [1.29, 1.82) is 0 Å². The monoisotopic (exact) mass is 453 g/mol. The standard InChI is InChI=1S/C25H32FN5O2/c1-27-25(33)20-6-7-22(23(26)28-20)30-12-9-18(10-13-30)31-11-8-17(15-31)21-14-16-4-2-3-5-19(16)24(32)29-21/h6-7,14,17-18H,2-5,8-13,15H2,1H3,(H,27,33)(H,29,32). The number of piperidine rings is 1. The van der Waals surface area contributed by atoms with E-state index in [1.807, 2.05) is 4.90 Å². The summed E-state index contributed by atoms with van der Waals surface area (Å²) in [5.41, 5.74) is 4.03. The molecule has 1 amide bonds. The summed E-state index contributed by atoms with van der Waals surface area (Å²) in [6, 6.07) is 5.96. The second kappa shape index (κ2) is 9.25. The van der Waals surface area contributed by atoms with E-state index in [0.717, 1.165) is 76.0 Å². The minimum atomic E-state index is -0.591. The number of carbonyl (C=O) groups is 1. The van der Waals surface area contributed by atoms with Crippen LogP contribution in [0.4, 0.5) is 10.1 Å². The van der Waals surface area contributed by atoms with E-state index in [1.165, 1.54) is 19.0 Å². The van der Waals surface area contributed by atoms with Crippen LogP contribution in [0.3, 0.4) is 0 Å². The summed E-state index contributed by atoms with van der Waals surface area (Å²) in [5, 5.41) is 2.47. The molecule has 2 saturated heterocycles. The molecule has 2 aromatic rings. The maximum Gasteiger partial charge on any atom is 0.269 e. The number of carbonyl (C=O) groups excluding carboxylic acids is 1. The van der Waals surface area contributed by atoms with Gasteiger partial charge in [-0.3, -0.25) is 14.5 Å². The number of aromatic amines is 1. The van der Waals surface area contributed by atoms with E-state index in [9.17, 15) is 14.0 Å². The molecule has 4 heterocycles. The van der Waals surface area contributed by atoms with Gasteiger partial charge in [0.2, 0.25) is 5.95 Å². The third kappa shape index (κ3) is 4.40. The SMILES string of the molecule is CNC(=O)c1ccc(N2CCC(N3CCC(c4cc5c(c(=O)[nH]4)CCCC5)C3)CC2)c(F)n1. The predicted molar refractivity (Wildman–Crippen MR) is 125 cm³/mol. The van der Waals surface area contributed by atoms with E-state index in [2.05, 4.69) is 26.3 Å². The number of aromatic nitrogens is 2. The van der Waals surface area contributed by atoms with Crippen LogP contribution in [0.25, 0.3) is 0 Å². The van der Waals surface area contributed by atoms with Gasteiger partial charge in [-0.1, -0.05) is 0 Å². The van der Waals surface area contributed by atoms with Crippen molar-refractivity contribution >= 4 is 11.6 Å². The molecule has 176 valence electrons. The van der Waals surface area contributed by atoms with Gasteiger partial charge in [0.15, 0.2) is 0 Å². The first-order chi connectivity index (χ1) is 16.0. The highest BCUT2D eigenvalue weighted by Crippen LogP contribution is 2.32. The van der Waals surface area contributed by atoms with E-state index >= 15 is 0 Å². The van der Waals surface area contributed by atoms with Crippen LogP contribution in [0.5, 0.6) is 0 Å². The number of hydrogen-bond acceptors (Lipinski definition) is 5. The predicted octanol–water partition coefficient (Wildman–Crippen LogP) is 2.61. The zero-order valence-corrected chi connectivity index (χ0v) is 19.2. The fourth-order valence-electron chi connectivity index (χ4n) is 5.76. The Bertz CT molecular complexity index is 1090. The number of halogens is 1. The molecule has 2 N–H and O–H groups in total. The van der Waals surface area contributed by atoms with E-state index < -0.39 is 5.95 Å². The lowest BCUT2D eigenvalue weighted by atomic mass is 9.90. The number of amides is 1. The molecule has 1 unspecified atom stereocenters. The van der Waals surface area contributed by atoms with Gasteiger partial charge in [-0.15, -0.1) is 0 Å². The number of H-pyrrole nitrogens is 1. The number of likely N-dealkylation sites (tertiary alicyclic amines) is 1. The highest BCUT2D eigenvalue weighted by Gasteiger charge is 2.33. The van der Waals surface area contributed by atoms with Gasteiger partial charge >= 0.3 is 0 Å². The molecule has 33 heavy (non-hydrogen) atoms. The molecule has 1 atom stereocenters. The van der Waals surface area contributed by atoms with Crippen LogP contribution in [-0.4, -0.2) is 60.0 Å². The Morgan fingerprint density at radius 3 is 2.70 bits per heavy atom. The molecule has 0 aromatic carbocycles. The van der Waals surface area contributed by atoms with E-state index in [4.69, 9.17) is 0 Å². The first kappa shape index (κ1) is 22.1. The average Bonchev–Trinajstić information content (AvgIpc) is 3.34. The lowest BCUT2D eigenvalue weighted by Gasteiger charge is -2.37. The summed E-state index contributed by atoms with van der Waals surface area (Å²) >= 11 is 0. The van der Waals surface area contributed by atoms with Gasteiger partial charge in [-0.05, 0) is 75.3 Å². The van der Waals surface area contributed by atoms with E-state index in [0.29, 0.717) is 17.6 Å². The molecule has 3 aliphatic rings. The molecule has 2 fully saturated rings. The fourth-order valence-corrected chi connectivity index (χ4v) is 5.76. The number of aryl methyl sites for hydroxylation is 1. The minimum Gasteiger partial charge on any atom is -0.368 e. The molecule has 0 radical (unpaired) electrons. The molecule has 8 heteroatoms. The van der Waals surface area contributed by atoms with Gasteiger partial charge in [-0.25, -0.2) is 4.98 Å². The van der Waals surface area contributed by atoms with E-state index in [1.54, 1.807) is 12.1 Å². The second-order valence-electron chi connectivity index (χ2n) is 9.55. The van der Waals surface area contributed by atoms with Crippen LogP contribution in [0.2, 0.25) is 0 Å². The van der Waals surface area contributed by atoms with Crippen LogP contribution in [0, 0.1) is 5.95 Å². The summed E-state index contributed by atoms with van der Waals surface area (Å²) in [6.07, 6.45) is 7.21. The number of nitrogens with zero attached hydrogens (tertiary/aromatic N) is 3. The number of nitrogens with one attached hydrogen (secondary N) is 2. The lowest BCUT2D eigenvalue weighted by Crippen LogP contribution is -2.44. The molecule has 0 bridgehead atoms. The average molecular weight is 454 g/mol. The Kier molecular flexibility index (Phi) is 6.19. The number of anilines is 1. The zero-order chi connectivity index (χ0) is 22.9. The van der Waals surface area contributed by atoms with Crippen LogP contribution < -0.4 is 15.8 Å². The maximum atomic E-state index is 14.5. The van der Waals surface area contributed by atoms with Crippen molar-refractivity contribution in [3.8, 4) is 0 Å². The first-order valence-electron chi connectivity index (χ1n) is 12.2. The Labute approximate surface area is 193 Å². The number of pyridine rings is 2. The zero-order valence-electron chi connectivity index (χ0n) is 19.2. The second-order valence-corrected chi connectivity index (χ2v) is 9.55. The first-order valence-corrected chi connectivity index (χ1v) is 12.2. The van der Waals surface area contributed by atoms with Crippen LogP contribution in [0.1, 0.15) is 65.3 Å². The molecule has 2 aliphatic heterocycles. The van der Waals surface area contributed by atoms with Gasteiger partial charge in [0.05, 0.1) is 5.69 Å². The van der Waals surface area contributed by atoms with Crippen molar-refractivity contribution in [2.24, 2.45) is 0 Å². The fraction of sp³-hybridized carbons (Fsp3) is 0.560. The summed E-state index contributed by atoms with van der Waals surface area (Å²) in [7, 11) is 1.51. The van der Waals surface area contributed by atoms with Crippen molar-refractivity contribution in [3.63, 3.8) is 0 Å². The topological polar surface area (TPSA) is 81.3 Å². The van der Waals surface area contributed by atoms with Crippen molar-refractivity contribution in [2.45, 2.75) is 56.9 Å². The van der Waals surface area contributed by atoms with Crippen molar-refractivity contribution < 1.29 is 9.18 Å². The maximum absolute atomic E-state index is 14.5. The van der Waals surface area contributed by atoms with Gasteiger partial charge in [0.25, 0.3) is 11.5 Å². The normalized spacial score (nSPS) is 21.8. The van der Waals surface area contributed by atoms with Crippen molar-refractivity contribution in [3.05, 3.63) is 57.0 Å². The smallest absolute Gasteiger partial charge is 0.269 e. The molecule has 0 spiro atoms. The summed E-state index contributed by atoms with van der Waals surface area (Å²) < 4.78 is 14.5. The van der Waals surface area contributed by atoms with E-state index in [-0.39, 0.29) is 17.2 Å². The largest absolute Gasteiger partial charge is 0.368 e. The Morgan fingerprint density at radius 2 is 1.94 bits per heavy atom. The highest BCUT2D eigenvalue weighted by atomic mass is 19.1. The molecule has 7 nitrogen and oxygen atoms in total. The minimum absolute atomic E-state index is 0.0944. The summed E-state index contributed by atoms with van der Waals surface area (Å²) in [4.78, 5) is 35.8. The third-order valence-corrected chi connectivity index (χ3v) is 7.64. The van der Waals surface area contributed by atoms with Crippen LogP contribution >= 0.6 is 0 Å². The van der Waals surface area contributed by atoms with Gasteiger partial charge in [0.1, 0.15) is 5.69 Å². The molecule has 2 aromatic heterocycles. The number of fused-ring (bicyclic) bond motifs is 1. The number of hydrogen-bond donors (Lipinski definition) is 2. The van der Waals surface area contributed by atoms with Gasteiger partial charge in [0, 0.05) is 49.9 Å². The van der Waals surface area contributed by atoms with Gasteiger partial charge < -0.3 is 15.2 Å². The third-order valence-electron chi connectivity index (χ3n) is 7.64. The highest BCUT2D eigenvalue weighted by molar-refractivity contribution is 5.92. The summed E-state index contributed by atoms with van der Waals surface area (Å²) in [6.45, 7) is 3.53. The van der Waals surface area contributed by atoms with Crippen LogP contribution in [0.15, 0.2) is 23.0 Å². The van der Waals surface area contributed by atoms with Crippen molar-refractivity contribution in [1.82, 2.24) is 20.2 Å². The Morgan fingerprint density at radius 1 is 1.15 bits per heavy atom. The molecular formula is C25H32FN5O2. The Balaban J connectivity index is 1.20. The quantitative estimate of drug-likeness (QED) is 0.696. The van der Waals surface area contributed by atoms with Crippen molar-refractivity contribution in [2.75, 3.05) is 38.1 Å². The molecule has 5 rings (SSSR count). The Hall–Kier alpha value is -2.74. The number of rotatable bonds is 4. The molecule has 0 saturated carbocycles. The van der Waals surface area contributed by atoms with Crippen LogP contribution in [-0.2, 0) is 12.8 Å². The van der Waals surface area contributed by atoms with Gasteiger partial charge in [-0.2, -0.15) is 4.39 Å². The molecule has 1 aliphatic carbocycles.